The summed E-state index contributed by atoms with van der Waals surface area (Å²) in [4.78, 5) is 14.1. The Labute approximate surface area is 128 Å². The van der Waals surface area contributed by atoms with Crippen LogP contribution in [0.1, 0.15) is 38.7 Å². The lowest BCUT2D eigenvalue weighted by molar-refractivity contribution is -0.131. The molecule has 0 aliphatic carbocycles. The molecule has 0 bridgehead atoms. The molecule has 0 fully saturated rings. The quantitative estimate of drug-likeness (QED) is 0.840. The molecule has 0 aliphatic heterocycles. The van der Waals surface area contributed by atoms with E-state index in [0.717, 1.165) is 11.3 Å². The molecule has 1 aromatic carbocycles. The fourth-order valence-electron chi connectivity index (χ4n) is 2.28. The van der Waals surface area contributed by atoms with Crippen LogP contribution in [0.2, 0.25) is 0 Å². The number of hydrogen-bond acceptors (Lipinski definition) is 3. The molecule has 21 heavy (non-hydrogen) atoms. The SMILES string of the molecule is COc1cccc(C(C)CC(=O)N(C)CC(C)(C)CN)c1. The van der Waals surface area contributed by atoms with Gasteiger partial charge >= 0.3 is 0 Å². The van der Waals surface area contributed by atoms with Crippen LogP contribution in [0.15, 0.2) is 24.3 Å². The van der Waals surface area contributed by atoms with Gasteiger partial charge in [-0.3, -0.25) is 4.79 Å². The molecule has 1 unspecified atom stereocenters. The lowest BCUT2D eigenvalue weighted by Gasteiger charge is -2.29. The zero-order valence-electron chi connectivity index (χ0n) is 13.8. The van der Waals surface area contributed by atoms with E-state index in [-0.39, 0.29) is 17.2 Å². The topological polar surface area (TPSA) is 55.6 Å². The minimum atomic E-state index is -0.0520. The van der Waals surface area contributed by atoms with Crippen LogP contribution in [0.5, 0.6) is 5.75 Å². The monoisotopic (exact) mass is 292 g/mol. The van der Waals surface area contributed by atoms with E-state index in [1.54, 1.807) is 12.0 Å². The number of rotatable bonds is 7. The summed E-state index contributed by atoms with van der Waals surface area (Å²) in [6, 6.07) is 7.89. The first-order valence-electron chi connectivity index (χ1n) is 7.37. The molecule has 0 saturated heterocycles. The van der Waals surface area contributed by atoms with E-state index in [1.165, 1.54) is 0 Å². The highest BCUT2D eigenvalue weighted by molar-refractivity contribution is 5.76. The molecule has 118 valence electrons. The average molecular weight is 292 g/mol. The normalized spacial score (nSPS) is 12.9. The number of methoxy groups -OCH3 is 1. The second-order valence-corrected chi connectivity index (χ2v) is 6.50. The standard InChI is InChI=1S/C17H28N2O2/c1-13(14-7-6-8-15(10-14)21-5)9-16(20)19(4)12-17(2,3)11-18/h6-8,10,13H,9,11-12,18H2,1-5H3. The number of ether oxygens (including phenoxy) is 1. The zero-order valence-corrected chi connectivity index (χ0v) is 13.8. The molecule has 1 rings (SSSR count). The van der Waals surface area contributed by atoms with Gasteiger partial charge in [-0.2, -0.15) is 0 Å². The number of nitrogens with two attached hydrogens (primary N) is 1. The van der Waals surface area contributed by atoms with E-state index < -0.39 is 0 Å². The van der Waals surface area contributed by atoms with Gasteiger partial charge in [-0.15, -0.1) is 0 Å². The van der Waals surface area contributed by atoms with E-state index >= 15 is 0 Å². The van der Waals surface area contributed by atoms with Crippen LogP contribution in [0.3, 0.4) is 0 Å². The van der Waals surface area contributed by atoms with Crippen LogP contribution < -0.4 is 10.5 Å². The van der Waals surface area contributed by atoms with Crippen LogP contribution in [0.25, 0.3) is 0 Å². The molecular weight excluding hydrogens is 264 g/mol. The van der Waals surface area contributed by atoms with E-state index in [2.05, 4.69) is 20.8 Å². The molecule has 0 aromatic heterocycles. The largest absolute Gasteiger partial charge is 0.497 e. The number of amides is 1. The third kappa shape index (κ3) is 5.38. The molecule has 1 aromatic rings. The second-order valence-electron chi connectivity index (χ2n) is 6.50. The minimum absolute atomic E-state index is 0.0520. The van der Waals surface area contributed by atoms with Crippen molar-refractivity contribution in [2.45, 2.75) is 33.1 Å². The van der Waals surface area contributed by atoms with Gasteiger partial charge in [0.05, 0.1) is 7.11 Å². The molecule has 0 saturated carbocycles. The summed E-state index contributed by atoms with van der Waals surface area (Å²) >= 11 is 0. The first-order chi connectivity index (χ1) is 9.79. The van der Waals surface area contributed by atoms with Crippen LogP contribution in [0, 0.1) is 5.41 Å². The van der Waals surface area contributed by atoms with Gasteiger partial charge in [-0.1, -0.05) is 32.9 Å². The Hall–Kier alpha value is -1.55. The molecule has 2 N–H and O–H groups in total. The van der Waals surface area contributed by atoms with Crippen LogP contribution in [-0.2, 0) is 4.79 Å². The van der Waals surface area contributed by atoms with E-state index in [1.807, 2.05) is 31.3 Å². The molecule has 0 heterocycles. The van der Waals surface area contributed by atoms with E-state index in [9.17, 15) is 4.79 Å². The van der Waals surface area contributed by atoms with Crippen LogP contribution in [-0.4, -0.2) is 38.1 Å². The summed E-state index contributed by atoms with van der Waals surface area (Å²) in [5.74, 6) is 1.13. The Kier molecular flexibility index (Phi) is 6.21. The first kappa shape index (κ1) is 17.5. The highest BCUT2D eigenvalue weighted by atomic mass is 16.5. The number of carbonyl (C=O) groups is 1. The second kappa shape index (κ2) is 7.46. The predicted octanol–water partition coefficient (Wildman–Crippen LogP) is 2.63. The lowest BCUT2D eigenvalue weighted by Crippen LogP contribution is -2.40. The maximum atomic E-state index is 12.3. The summed E-state index contributed by atoms with van der Waals surface area (Å²) in [7, 11) is 3.50. The van der Waals surface area contributed by atoms with Gasteiger partial charge in [-0.05, 0) is 35.6 Å². The summed E-state index contributed by atoms with van der Waals surface area (Å²) in [6.07, 6.45) is 0.490. The van der Waals surface area contributed by atoms with Crippen molar-refractivity contribution in [3.63, 3.8) is 0 Å². The molecule has 1 amide bonds. The van der Waals surface area contributed by atoms with Gasteiger partial charge in [0, 0.05) is 20.0 Å². The highest BCUT2D eigenvalue weighted by Crippen LogP contribution is 2.24. The van der Waals surface area contributed by atoms with Crippen molar-refractivity contribution < 1.29 is 9.53 Å². The number of carbonyl (C=O) groups excluding carboxylic acids is 1. The molecule has 0 aliphatic rings. The van der Waals surface area contributed by atoms with Crippen molar-refractivity contribution in [1.82, 2.24) is 4.90 Å². The lowest BCUT2D eigenvalue weighted by atomic mass is 9.92. The summed E-state index contributed by atoms with van der Waals surface area (Å²) < 4.78 is 5.23. The van der Waals surface area contributed by atoms with E-state index in [0.29, 0.717) is 19.5 Å². The highest BCUT2D eigenvalue weighted by Gasteiger charge is 2.22. The van der Waals surface area contributed by atoms with E-state index in [4.69, 9.17) is 10.5 Å². The number of benzene rings is 1. The molecule has 0 spiro atoms. The smallest absolute Gasteiger partial charge is 0.222 e. The molecular formula is C17H28N2O2. The molecule has 4 nitrogen and oxygen atoms in total. The predicted molar refractivity (Wildman–Crippen MR) is 86.5 cm³/mol. The Balaban J connectivity index is 2.64. The van der Waals surface area contributed by atoms with Gasteiger partial charge in [0.1, 0.15) is 5.75 Å². The molecule has 1 atom stereocenters. The third-order valence-corrected chi connectivity index (χ3v) is 3.79. The molecule has 0 radical (unpaired) electrons. The maximum Gasteiger partial charge on any atom is 0.222 e. The third-order valence-electron chi connectivity index (χ3n) is 3.79. The van der Waals surface area contributed by atoms with Gasteiger partial charge in [0.2, 0.25) is 5.91 Å². The van der Waals surface area contributed by atoms with Gasteiger partial charge in [-0.25, -0.2) is 0 Å². The van der Waals surface area contributed by atoms with Crippen molar-refractivity contribution in [2.24, 2.45) is 11.1 Å². The van der Waals surface area contributed by atoms with Crippen molar-refractivity contribution in [3.05, 3.63) is 29.8 Å². The molecule has 4 heteroatoms. The summed E-state index contributed by atoms with van der Waals surface area (Å²) in [6.45, 7) is 7.45. The zero-order chi connectivity index (χ0) is 16.0. The summed E-state index contributed by atoms with van der Waals surface area (Å²) in [5.41, 5.74) is 6.79. The minimum Gasteiger partial charge on any atom is -0.497 e. The van der Waals surface area contributed by atoms with Crippen molar-refractivity contribution in [1.29, 1.82) is 0 Å². The Morgan fingerprint density at radius 1 is 1.43 bits per heavy atom. The average Bonchev–Trinajstić information content (AvgIpc) is 2.46. The van der Waals surface area contributed by atoms with Crippen LogP contribution in [0.4, 0.5) is 0 Å². The van der Waals surface area contributed by atoms with Crippen molar-refractivity contribution in [3.8, 4) is 5.75 Å². The Bertz CT molecular complexity index is 472. The van der Waals surface area contributed by atoms with Crippen LogP contribution >= 0.6 is 0 Å². The Morgan fingerprint density at radius 2 is 2.10 bits per heavy atom. The van der Waals surface area contributed by atoms with Crippen molar-refractivity contribution >= 4 is 5.91 Å². The number of hydrogen-bond donors (Lipinski definition) is 1. The van der Waals surface area contributed by atoms with Crippen molar-refractivity contribution in [2.75, 3.05) is 27.2 Å². The fraction of sp³-hybridized carbons (Fsp3) is 0.588. The fourth-order valence-corrected chi connectivity index (χ4v) is 2.28. The maximum absolute atomic E-state index is 12.3. The number of nitrogens with zero attached hydrogens (tertiary/aromatic N) is 1. The first-order valence-corrected chi connectivity index (χ1v) is 7.37. The van der Waals surface area contributed by atoms with Gasteiger partial charge < -0.3 is 15.4 Å². The summed E-state index contributed by atoms with van der Waals surface area (Å²) in [5, 5.41) is 0. The van der Waals surface area contributed by atoms with Gasteiger partial charge in [0.25, 0.3) is 0 Å². The Morgan fingerprint density at radius 3 is 2.67 bits per heavy atom. The van der Waals surface area contributed by atoms with Gasteiger partial charge in [0.15, 0.2) is 0 Å².